The van der Waals surface area contributed by atoms with Gasteiger partial charge in [-0.2, -0.15) is 0 Å². The molecule has 0 radical (unpaired) electrons. The third kappa shape index (κ3) is 5.30. The number of anilines is 1. The zero-order chi connectivity index (χ0) is 14.5. The van der Waals surface area contributed by atoms with E-state index in [9.17, 15) is 9.90 Å². The fraction of sp³-hybridized carbons (Fsp3) is 0.533. The summed E-state index contributed by atoms with van der Waals surface area (Å²) in [4.78, 5) is 11.9. The fourth-order valence-electron chi connectivity index (χ4n) is 1.97. The van der Waals surface area contributed by atoms with Gasteiger partial charge >= 0.3 is 0 Å². The van der Waals surface area contributed by atoms with Crippen molar-refractivity contribution in [3.05, 3.63) is 23.8 Å². The number of aryl methyl sites for hydroxylation is 1. The summed E-state index contributed by atoms with van der Waals surface area (Å²) in [6.45, 7) is 6.75. The number of hydrogen-bond donors (Lipinski definition) is 3. The molecule has 0 aliphatic heterocycles. The number of phenols is 1. The van der Waals surface area contributed by atoms with Crippen molar-refractivity contribution in [2.45, 2.75) is 40.0 Å². The van der Waals surface area contributed by atoms with Crippen LogP contribution < -0.4 is 11.1 Å². The Morgan fingerprint density at radius 2 is 2.05 bits per heavy atom. The second-order valence-electron chi connectivity index (χ2n) is 5.75. The van der Waals surface area contributed by atoms with Crippen LogP contribution in [0, 0.1) is 12.3 Å². The van der Waals surface area contributed by atoms with E-state index >= 15 is 0 Å². The molecule has 1 amide bonds. The van der Waals surface area contributed by atoms with E-state index in [4.69, 9.17) is 5.73 Å². The molecule has 1 rings (SSSR count). The van der Waals surface area contributed by atoms with Gasteiger partial charge in [0.25, 0.3) is 0 Å². The van der Waals surface area contributed by atoms with Crippen LogP contribution in [0.1, 0.15) is 38.7 Å². The first kappa shape index (κ1) is 15.5. The molecule has 0 aliphatic carbocycles. The molecule has 19 heavy (non-hydrogen) atoms. The summed E-state index contributed by atoms with van der Waals surface area (Å²) in [5.74, 6) is 0.207. The molecule has 0 spiro atoms. The van der Waals surface area contributed by atoms with E-state index in [1.165, 1.54) is 0 Å². The number of nitrogens with one attached hydrogen (secondary N) is 1. The molecule has 4 N–H and O–H groups in total. The molecule has 4 nitrogen and oxygen atoms in total. The van der Waals surface area contributed by atoms with E-state index in [-0.39, 0.29) is 17.1 Å². The second-order valence-corrected chi connectivity index (χ2v) is 5.75. The van der Waals surface area contributed by atoms with E-state index in [2.05, 4.69) is 19.2 Å². The van der Waals surface area contributed by atoms with E-state index in [1.54, 1.807) is 18.2 Å². The molecule has 1 aromatic carbocycles. The predicted octanol–water partition coefficient (Wildman–Crippen LogP) is 2.79. The molecule has 0 saturated carbocycles. The SMILES string of the molecule is Cc1cc(O)ccc1NC(=O)CCC(C)(C)CCN. The van der Waals surface area contributed by atoms with Crippen LogP contribution in [0.5, 0.6) is 5.75 Å². The van der Waals surface area contributed by atoms with Gasteiger partial charge in [-0.1, -0.05) is 13.8 Å². The summed E-state index contributed by atoms with van der Waals surface area (Å²) in [5, 5.41) is 12.2. The largest absolute Gasteiger partial charge is 0.508 e. The van der Waals surface area contributed by atoms with Gasteiger partial charge in [0, 0.05) is 12.1 Å². The maximum atomic E-state index is 11.9. The highest BCUT2D eigenvalue weighted by Crippen LogP contribution is 2.26. The Balaban J connectivity index is 2.52. The zero-order valence-electron chi connectivity index (χ0n) is 12.0. The predicted molar refractivity (Wildman–Crippen MR) is 78.2 cm³/mol. The quantitative estimate of drug-likeness (QED) is 0.691. The monoisotopic (exact) mass is 264 g/mol. The summed E-state index contributed by atoms with van der Waals surface area (Å²) in [6, 6.07) is 4.92. The van der Waals surface area contributed by atoms with Crippen LogP contribution in [0.2, 0.25) is 0 Å². The van der Waals surface area contributed by atoms with Gasteiger partial charge < -0.3 is 16.2 Å². The lowest BCUT2D eigenvalue weighted by molar-refractivity contribution is -0.116. The van der Waals surface area contributed by atoms with Crippen LogP contribution in [-0.4, -0.2) is 17.6 Å². The van der Waals surface area contributed by atoms with Crippen LogP contribution in [0.15, 0.2) is 18.2 Å². The average molecular weight is 264 g/mol. The lowest BCUT2D eigenvalue weighted by Gasteiger charge is -2.23. The van der Waals surface area contributed by atoms with Gasteiger partial charge in [0.2, 0.25) is 5.91 Å². The molecule has 0 bridgehead atoms. The third-order valence-corrected chi connectivity index (χ3v) is 3.33. The third-order valence-electron chi connectivity index (χ3n) is 3.33. The average Bonchev–Trinajstić information content (AvgIpc) is 2.30. The maximum absolute atomic E-state index is 11.9. The van der Waals surface area contributed by atoms with Crippen molar-refractivity contribution in [2.24, 2.45) is 11.1 Å². The molecule has 0 saturated heterocycles. The van der Waals surface area contributed by atoms with Gasteiger partial charge in [-0.3, -0.25) is 4.79 Å². The van der Waals surface area contributed by atoms with Crippen molar-refractivity contribution in [2.75, 3.05) is 11.9 Å². The molecule has 0 heterocycles. The molecular weight excluding hydrogens is 240 g/mol. The molecule has 1 aromatic rings. The first-order chi connectivity index (χ1) is 8.84. The number of benzene rings is 1. The summed E-state index contributed by atoms with van der Waals surface area (Å²) >= 11 is 0. The minimum absolute atomic E-state index is 0.00103. The molecule has 106 valence electrons. The minimum Gasteiger partial charge on any atom is -0.508 e. The number of phenolic OH excluding ortho intramolecular Hbond substituents is 1. The first-order valence-electron chi connectivity index (χ1n) is 6.63. The smallest absolute Gasteiger partial charge is 0.224 e. The fourth-order valence-corrected chi connectivity index (χ4v) is 1.97. The summed E-state index contributed by atoms with van der Waals surface area (Å²) in [5.41, 5.74) is 7.25. The topological polar surface area (TPSA) is 75.3 Å². The minimum atomic E-state index is -0.00103. The number of aromatic hydroxyl groups is 1. The highest BCUT2D eigenvalue weighted by molar-refractivity contribution is 5.91. The highest BCUT2D eigenvalue weighted by Gasteiger charge is 2.18. The van der Waals surface area contributed by atoms with Crippen LogP contribution >= 0.6 is 0 Å². The summed E-state index contributed by atoms with van der Waals surface area (Å²) in [7, 11) is 0. The number of carbonyl (C=O) groups is 1. The highest BCUT2D eigenvalue weighted by atomic mass is 16.3. The number of amides is 1. The molecule has 0 atom stereocenters. The van der Waals surface area contributed by atoms with E-state index in [1.807, 2.05) is 6.92 Å². The molecule has 0 unspecified atom stereocenters. The lowest BCUT2D eigenvalue weighted by atomic mass is 9.84. The van der Waals surface area contributed by atoms with Crippen molar-refractivity contribution in [3.63, 3.8) is 0 Å². The molecule has 0 fully saturated rings. The van der Waals surface area contributed by atoms with Crippen LogP contribution in [-0.2, 0) is 4.79 Å². The van der Waals surface area contributed by atoms with Gasteiger partial charge in [-0.05, 0) is 55.5 Å². The number of carbonyl (C=O) groups excluding carboxylic acids is 1. The molecule has 4 heteroatoms. The standard InChI is InChI=1S/C15H24N2O2/c1-11-10-12(18)4-5-13(11)17-14(19)6-7-15(2,3)8-9-16/h4-5,10,18H,6-9,16H2,1-3H3,(H,17,19). The van der Waals surface area contributed by atoms with E-state index in [0.29, 0.717) is 13.0 Å². The Bertz CT molecular complexity index is 442. The van der Waals surface area contributed by atoms with Crippen molar-refractivity contribution in [1.82, 2.24) is 0 Å². The van der Waals surface area contributed by atoms with E-state index in [0.717, 1.165) is 24.1 Å². The Morgan fingerprint density at radius 1 is 1.37 bits per heavy atom. The summed E-state index contributed by atoms with van der Waals surface area (Å²) < 4.78 is 0. The van der Waals surface area contributed by atoms with Gasteiger partial charge in [0.15, 0.2) is 0 Å². The van der Waals surface area contributed by atoms with Crippen LogP contribution in [0.25, 0.3) is 0 Å². The number of hydrogen-bond acceptors (Lipinski definition) is 3. The zero-order valence-corrected chi connectivity index (χ0v) is 12.0. The molecular formula is C15H24N2O2. The van der Waals surface area contributed by atoms with Gasteiger partial charge in [-0.15, -0.1) is 0 Å². The van der Waals surface area contributed by atoms with Crippen molar-refractivity contribution >= 4 is 11.6 Å². The molecule has 0 aliphatic rings. The van der Waals surface area contributed by atoms with Gasteiger partial charge in [0.05, 0.1) is 0 Å². The Labute approximate surface area is 115 Å². The first-order valence-corrected chi connectivity index (χ1v) is 6.63. The Hall–Kier alpha value is -1.55. The van der Waals surface area contributed by atoms with Crippen LogP contribution in [0.4, 0.5) is 5.69 Å². The normalized spacial score (nSPS) is 11.4. The lowest BCUT2D eigenvalue weighted by Crippen LogP contribution is -2.20. The van der Waals surface area contributed by atoms with Gasteiger partial charge in [0.1, 0.15) is 5.75 Å². The number of rotatable bonds is 6. The second kappa shape index (κ2) is 6.57. The van der Waals surface area contributed by atoms with Crippen LogP contribution in [0.3, 0.4) is 0 Å². The van der Waals surface area contributed by atoms with Gasteiger partial charge in [-0.25, -0.2) is 0 Å². The van der Waals surface area contributed by atoms with Crippen molar-refractivity contribution in [1.29, 1.82) is 0 Å². The maximum Gasteiger partial charge on any atom is 0.224 e. The van der Waals surface area contributed by atoms with Crippen molar-refractivity contribution in [3.8, 4) is 5.75 Å². The Kier molecular flexibility index (Phi) is 5.36. The van der Waals surface area contributed by atoms with E-state index < -0.39 is 0 Å². The number of nitrogens with two attached hydrogens (primary N) is 1. The Morgan fingerprint density at radius 3 is 2.63 bits per heavy atom. The molecule has 0 aromatic heterocycles. The summed E-state index contributed by atoms with van der Waals surface area (Å²) in [6.07, 6.45) is 2.21. The van der Waals surface area contributed by atoms with Crippen molar-refractivity contribution < 1.29 is 9.90 Å².